The molecule has 2 aliphatic rings. The van der Waals surface area contributed by atoms with Gasteiger partial charge in [0, 0.05) is 30.8 Å². The van der Waals surface area contributed by atoms with Crippen molar-refractivity contribution in [3.63, 3.8) is 0 Å². The van der Waals surface area contributed by atoms with E-state index in [1.807, 2.05) is 30.3 Å². The SMILES string of the molecule is COc1ccc2c(c1)S(=O)Cc1c(C(=O)O)nn(-c3ccc(CN4CCOCC4)cc3)c1-2. The first-order valence-electron chi connectivity index (χ1n) is 10.4. The number of carbonyl (C=O) groups is 1. The number of ether oxygens (including phenoxy) is 2. The highest BCUT2D eigenvalue weighted by atomic mass is 32.2. The average molecular weight is 454 g/mol. The largest absolute Gasteiger partial charge is 0.497 e. The Bertz CT molecular complexity index is 1200. The molecule has 3 aromatic rings. The Morgan fingerprint density at radius 2 is 1.94 bits per heavy atom. The third-order valence-electron chi connectivity index (χ3n) is 5.84. The van der Waals surface area contributed by atoms with Gasteiger partial charge in [-0.1, -0.05) is 12.1 Å². The predicted octanol–water partition coefficient (Wildman–Crippen LogP) is 2.70. The maximum Gasteiger partial charge on any atom is 0.356 e. The summed E-state index contributed by atoms with van der Waals surface area (Å²) < 4.78 is 25.2. The van der Waals surface area contributed by atoms with Gasteiger partial charge in [-0.2, -0.15) is 5.10 Å². The minimum absolute atomic E-state index is 0.0628. The lowest BCUT2D eigenvalue weighted by Gasteiger charge is -2.26. The molecular weight excluding hydrogens is 430 g/mol. The molecule has 1 aromatic heterocycles. The first-order chi connectivity index (χ1) is 15.5. The second-order valence-corrected chi connectivity index (χ2v) is 9.22. The number of nitrogens with zero attached hydrogens (tertiary/aromatic N) is 3. The van der Waals surface area contributed by atoms with Crippen LogP contribution >= 0.6 is 0 Å². The fraction of sp³-hybridized carbons (Fsp3) is 0.304. The Morgan fingerprint density at radius 3 is 2.62 bits per heavy atom. The van der Waals surface area contributed by atoms with Crippen molar-refractivity contribution in [3.05, 3.63) is 59.3 Å². The van der Waals surface area contributed by atoms with E-state index in [-0.39, 0.29) is 11.4 Å². The molecule has 0 spiro atoms. The number of hydrogen-bond acceptors (Lipinski definition) is 6. The fourth-order valence-electron chi connectivity index (χ4n) is 4.20. The van der Waals surface area contributed by atoms with E-state index in [0.29, 0.717) is 27.5 Å². The highest BCUT2D eigenvalue weighted by molar-refractivity contribution is 7.84. The van der Waals surface area contributed by atoms with Crippen LogP contribution < -0.4 is 4.74 Å². The molecule has 0 radical (unpaired) electrons. The van der Waals surface area contributed by atoms with E-state index in [4.69, 9.17) is 9.47 Å². The quantitative estimate of drug-likeness (QED) is 0.635. The molecule has 3 heterocycles. The molecule has 0 bridgehead atoms. The summed E-state index contributed by atoms with van der Waals surface area (Å²) in [5.41, 5.74) is 3.73. The predicted molar refractivity (Wildman–Crippen MR) is 119 cm³/mol. The molecule has 1 unspecified atom stereocenters. The van der Waals surface area contributed by atoms with Crippen LogP contribution in [-0.2, 0) is 27.8 Å². The molecule has 0 amide bonds. The second-order valence-electron chi connectivity index (χ2n) is 7.80. The molecule has 5 rings (SSSR count). The molecule has 1 fully saturated rings. The van der Waals surface area contributed by atoms with E-state index in [0.717, 1.165) is 38.5 Å². The Balaban J connectivity index is 1.56. The standard InChI is InChI=1S/C23H23N3O5S/c1-30-17-6-7-18-20(12-17)32(29)14-19-21(23(27)28)24-26(22(18)19)16-4-2-15(3-5-16)13-25-8-10-31-11-9-25/h2-7,12H,8-11,13-14H2,1H3,(H,27,28). The van der Waals surface area contributed by atoms with Crippen molar-refractivity contribution in [3.8, 4) is 22.7 Å². The van der Waals surface area contributed by atoms with E-state index in [9.17, 15) is 14.1 Å². The minimum Gasteiger partial charge on any atom is -0.497 e. The van der Waals surface area contributed by atoms with E-state index in [1.165, 1.54) is 5.56 Å². The van der Waals surface area contributed by atoms with Gasteiger partial charge in [0.2, 0.25) is 0 Å². The van der Waals surface area contributed by atoms with Crippen molar-refractivity contribution in [2.45, 2.75) is 17.2 Å². The molecule has 2 aliphatic heterocycles. The molecule has 0 saturated carbocycles. The molecule has 166 valence electrons. The van der Waals surface area contributed by atoms with Crippen molar-refractivity contribution in [1.29, 1.82) is 0 Å². The smallest absolute Gasteiger partial charge is 0.356 e. The fourth-order valence-corrected chi connectivity index (χ4v) is 5.55. The minimum atomic E-state index is -1.38. The van der Waals surface area contributed by atoms with Crippen LogP contribution in [0.4, 0.5) is 0 Å². The maximum atomic E-state index is 12.9. The highest BCUT2D eigenvalue weighted by Crippen LogP contribution is 2.40. The van der Waals surface area contributed by atoms with Gasteiger partial charge < -0.3 is 14.6 Å². The third-order valence-corrected chi connectivity index (χ3v) is 7.22. The second kappa shape index (κ2) is 8.50. The number of morpholine rings is 1. The van der Waals surface area contributed by atoms with Gasteiger partial charge in [-0.05, 0) is 35.9 Å². The topological polar surface area (TPSA) is 93.9 Å². The zero-order chi connectivity index (χ0) is 22.2. The van der Waals surface area contributed by atoms with Gasteiger partial charge in [-0.3, -0.25) is 9.11 Å². The van der Waals surface area contributed by atoms with Gasteiger partial charge >= 0.3 is 5.97 Å². The van der Waals surface area contributed by atoms with Gasteiger partial charge in [0.05, 0.1) is 53.2 Å². The van der Waals surface area contributed by atoms with Crippen LogP contribution in [0.5, 0.6) is 5.75 Å². The van der Waals surface area contributed by atoms with Crippen LogP contribution in [-0.4, -0.2) is 63.4 Å². The van der Waals surface area contributed by atoms with Crippen LogP contribution in [0.25, 0.3) is 16.9 Å². The monoisotopic (exact) mass is 453 g/mol. The summed E-state index contributed by atoms with van der Waals surface area (Å²) in [7, 11) is 0.181. The molecule has 9 heteroatoms. The van der Waals surface area contributed by atoms with Gasteiger partial charge in [-0.15, -0.1) is 0 Å². The summed E-state index contributed by atoms with van der Waals surface area (Å²) in [4.78, 5) is 14.9. The normalized spacial score (nSPS) is 18.1. The molecule has 0 aliphatic carbocycles. The van der Waals surface area contributed by atoms with Gasteiger partial charge in [0.25, 0.3) is 0 Å². The third kappa shape index (κ3) is 3.72. The van der Waals surface area contributed by atoms with Crippen molar-refractivity contribution in [1.82, 2.24) is 14.7 Å². The number of hydrogen-bond donors (Lipinski definition) is 1. The molecule has 1 atom stereocenters. The van der Waals surface area contributed by atoms with Gasteiger partial charge in [0.15, 0.2) is 5.69 Å². The lowest BCUT2D eigenvalue weighted by atomic mass is 10.0. The lowest BCUT2D eigenvalue weighted by Crippen LogP contribution is -2.35. The number of fused-ring (bicyclic) bond motifs is 3. The summed E-state index contributed by atoms with van der Waals surface area (Å²) in [6, 6.07) is 13.3. The van der Waals surface area contributed by atoms with Crippen molar-refractivity contribution >= 4 is 16.8 Å². The number of aromatic nitrogens is 2. The highest BCUT2D eigenvalue weighted by Gasteiger charge is 2.32. The van der Waals surface area contributed by atoms with Crippen LogP contribution in [0.15, 0.2) is 47.4 Å². The molecular formula is C23H23N3O5S. The number of rotatable bonds is 5. The number of aromatic carboxylic acids is 1. The van der Waals surface area contributed by atoms with E-state index >= 15 is 0 Å². The Morgan fingerprint density at radius 1 is 1.19 bits per heavy atom. The Labute approximate surface area is 187 Å². The summed E-state index contributed by atoms with van der Waals surface area (Å²) in [5, 5.41) is 14.1. The van der Waals surface area contributed by atoms with E-state index in [2.05, 4.69) is 10.00 Å². The number of carboxylic acids is 1. The van der Waals surface area contributed by atoms with E-state index < -0.39 is 16.8 Å². The van der Waals surface area contributed by atoms with Crippen LogP contribution in [0.1, 0.15) is 21.6 Å². The molecule has 1 N–H and O–H groups in total. The summed E-state index contributed by atoms with van der Waals surface area (Å²) in [5.74, 6) is -0.415. The Hall–Kier alpha value is -3.01. The zero-order valence-electron chi connectivity index (χ0n) is 17.6. The molecule has 1 saturated heterocycles. The summed E-state index contributed by atoms with van der Waals surface area (Å²) >= 11 is 0. The number of methoxy groups -OCH3 is 1. The number of benzene rings is 2. The Kier molecular flexibility index (Phi) is 5.54. The summed E-state index contributed by atoms with van der Waals surface area (Å²) in [6.07, 6.45) is 0. The first kappa shape index (κ1) is 20.9. The van der Waals surface area contributed by atoms with E-state index in [1.54, 1.807) is 23.9 Å². The van der Waals surface area contributed by atoms with Crippen LogP contribution in [0.3, 0.4) is 0 Å². The molecule has 8 nitrogen and oxygen atoms in total. The van der Waals surface area contributed by atoms with Crippen molar-refractivity contribution in [2.24, 2.45) is 0 Å². The van der Waals surface area contributed by atoms with Crippen LogP contribution in [0, 0.1) is 0 Å². The first-order valence-corrected chi connectivity index (χ1v) is 11.7. The number of carboxylic acid groups (broad SMARTS) is 1. The molecule has 2 aromatic carbocycles. The van der Waals surface area contributed by atoms with Crippen molar-refractivity contribution in [2.75, 3.05) is 33.4 Å². The molecule has 32 heavy (non-hydrogen) atoms. The zero-order valence-corrected chi connectivity index (χ0v) is 18.4. The van der Waals surface area contributed by atoms with Gasteiger partial charge in [-0.25, -0.2) is 9.48 Å². The maximum absolute atomic E-state index is 12.9. The van der Waals surface area contributed by atoms with Crippen molar-refractivity contribution < 1.29 is 23.6 Å². The van der Waals surface area contributed by atoms with Gasteiger partial charge in [0.1, 0.15) is 5.75 Å². The van der Waals surface area contributed by atoms with Crippen LogP contribution in [0.2, 0.25) is 0 Å². The average Bonchev–Trinajstić information content (AvgIpc) is 3.20. The lowest BCUT2D eigenvalue weighted by molar-refractivity contribution is 0.0342. The summed E-state index contributed by atoms with van der Waals surface area (Å²) in [6.45, 7) is 4.16.